The first kappa shape index (κ1) is 13.6. The smallest absolute Gasteiger partial charge is 0.208 e. The number of aromatic nitrogens is 1. The minimum Gasteiger partial charge on any atom is -0.444 e. The Bertz CT molecular complexity index is 343. The molecule has 0 saturated carbocycles. The average Bonchev–Trinajstić information content (AvgIpc) is 2.86. The van der Waals surface area contributed by atoms with Gasteiger partial charge in [0.1, 0.15) is 5.76 Å². The van der Waals surface area contributed by atoms with Gasteiger partial charge < -0.3 is 14.6 Å². The van der Waals surface area contributed by atoms with Crippen molar-refractivity contribution >= 4 is 0 Å². The van der Waals surface area contributed by atoms with Crippen LogP contribution in [-0.2, 0) is 13.0 Å². The molecular formula is C14H25N3O. The predicted octanol–water partition coefficient (Wildman–Crippen LogP) is 2.20. The van der Waals surface area contributed by atoms with Gasteiger partial charge in [0.05, 0.1) is 12.7 Å². The topological polar surface area (TPSA) is 41.3 Å². The zero-order valence-electron chi connectivity index (χ0n) is 11.6. The summed E-state index contributed by atoms with van der Waals surface area (Å²) >= 11 is 0. The van der Waals surface area contributed by atoms with Gasteiger partial charge in [0.2, 0.25) is 5.89 Å². The number of rotatable bonds is 6. The Hall–Kier alpha value is -0.870. The Kier molecular flexibility index (Phi) is 5.20. The Morgan fingerprint density at radius 3 is 2.78 bits per heavy atom. The molecule has 2 heterocycles. The van der Waals surface area contributed by atoms with Crippen LogP contribution in [0.5, 0.6) is 0 Å². The van der Waals surface area contributed by atoms with Crippen LogP contribution in [0.4, 0.5) is 0 Å². The Balaban J connectivity index is 1.68. The van der Waals surface area contributed by atoms with Crippen molar-refractivity contribution in [2.24, 2.45) is 0 Å². The molecule has 102 valence electrons. The first-order valence-corrected chi connectivity index (χ1v) is 7.21. The van der Waals surface area contributed by atoms with Crippen molar-refractivity contribution in [2.45, 2.75) is 52.1 Å². The van der Waals surface area contributed by atoms with Crippen LogP contribution in [0.2, 0.25) is 0 Å². The van der Waals surface area contributed by atoms with E-state index >= 15 is 0 Å². The van der Waals surface area contributed by atoms with Gasteiger partial charge >= 0.3 is 0 Å². The maximum Gasteiger partial charge on any atom is 0.208 e. The largest absolute Gasteiger partial charge is 0.444 e. The maximum atomic E-state index is 5.60. The van der Waals surface area contributed by atoms with Crippen molar-refractivity contribution in [3.8, 4) is 0 Å². The monoisotopic (exact) mass is 251 g/mol. The number of aryl methyl sites for hydroxylation is 1. The Labute approximate surface area is 110 Å². The third kappa shape index (κ3) is 3.82. The van der Waals surface area contributed by atoms with Gasteiger partial charge in [-0.1, -0.05) is 13.8 Å². The molecule has 0 aromatic carbocycles. The summed E-state index contributed by atoms with van der Waals surface area (Å²) in [5, 5.41) is 3.56. The SMILES string of the molecule is CCCN1CCC(NCc2ncc(CC)o2)CC1. The summed E-state index contributed by atoms with van der Waals surface area (Å²) in [5.41, 5.74) is 0. The molecule has 1 aliphatic rings. The molecule has 0 atom stereocenters. The highest BCUT2D eigenvalue weighted by Gasteiger charge is 2.18. The number of nitrogens with zero attached hydrogens (tertiary/aromatic N) is 2. The van der Waals surface area contributed by atoms with Gasteiger partial charge in [-0.25, -0.2) is 4.98 Å². The fraction of sp³-hybridized carbons (Fsp3) is 0.786. The van der Waals surface area contributed by atoms with Gasteiger partial charge in [0.15, 0.2) is 0 Å². The van der Waals surface area contributed by atoms with E-state index in [4.69, 9.17) is 4.42 Å². The molecule has 0 unspecified atom stereocenters. The summed E-state index contributed by atoms with van der Waals surface area (Å²) < 4.78 is 5.60. The number of likely N-dealkylation sites (tertiary alicyclic amines) is 1. The lowest BCUT2D eigenvalue weighted by Crippen LogP contribution is -2.42. The highest BCUT2D eigenvalue weighted by Crippen LogP contribution is 2.11. The third-order valence-electron chi connectivity index (χ3n) is 3.62. The van der Waals surface area contributed by atoms with Crippen molar-refractivity contribution in [2.75, 3.05) is 19.6 Å². The second-order valence-electron chi connectivity index (χ2n) is 5.07. The number of hydrogen-bond donors (Lipinski definition) is 1. The summed E-state index contributed by atoms with van der Waals surface area (Å²) in [6, 6.07) is 0.620. The molecule has 18 heavy (non-hydrogen) atoms. The molecule has 0 amide bonds. The predicted molar refractivity (Wildman–Crippen MR) is 72.5 cm³/mol. The number of nitrogens with one attached hydrogen (secondary N) is 1. The van der Waals surface area contributed by atoms with E-state index < -0.39 is 0 Å². The van der Waals surface area contributed by atoms with Crippen LogP contribution in [0, 0.1) is 0 Å². The van der Waals surface area contributed by atoms with Crippen molar-refractivity contribution in [1.82, 2.24) is 15.2 Å². The highest BCUT2D eigenvalue weighted by atomic mass is 16.4. The standard InChI is InChI=1S/C14H25N3O/c1-3-7-17-8-5-12(6-9-17)15-11-14-16-10-13(4-2)18-14/h10,12,15H,3-9,11H2,1-2H3. The molecule has 0 bridgehead atoms. The van der Waals surface area contributed by atoms with E-state index in [1.54, 1.807) is 0 Å². The van der Waals surface area contributed by atoms with Crippen LogP contribution >= 0.6 is 0 Å². The summed E-state index contributed by atoms with van der Waals surface area (Å²) in [7, 11) is 0. The van der Waals surface area contributed by atoms with Crippen LogP contribution in [-0.4, -0.2) is 35.6 Å². The maximum absolute atomic E-state index is 5.60. The van der Waals surface area contributed by atoms with Gasteiger partial charge in [-0.2, -0.15) is 0 Å². The van der Waals surface area contributed by atoms with Crippen LogP contribution < -0.4 is 5.32 Å². The van der Waals surface area contributed by atoms with Crippen molar-refractivity contribution in [3.63, 3.8) is 0 Å². The zero-order valence-corrected chi connectivity index (χ0v) is 11.6. The highest BCUT2D eigenvalue weighted by molar-refractivity contribution is 4.93. The normalized spacial score (nSPS) is 18.3. The van der Waals surface area contributed by atoms with Crippen LogP contribution in [0.25, 0.3) is 0 Å². The van der Waals surface area contributed by atoms with Gasteiger partial charge in [0, 0.05) is 12.5 Å². The Morgan fingerprint density at radius 2 is 2.17 bits per heavy atom. The molecule has 1 aromatic heterocycles. The fourth-order valence-corrected chi connectivity index (χ4v) is 2.50. The van der Waals surface area contributed by atoms with E-state index in [1.807, 2.05) is 6.20 Å². The molecule has 0 spiro atoms. The summed E-state index contributed by atoms with van der Waals surface area (Å²) in [4.78, 5) is 6.83. The van der Waals surface area contributed by atoms with Crippen LogP contribution in [0.1, 0.15) is 44.8 Å². The minimum absolute atomic E-state index is 0.620. The Morgan fingerprint density at radius 1 is 1.39 bits per heavy atom. The molecule has 1 N–H and O–H groups in total. The number of piperidine rings is 1. The molecule has 1 saturated heterocycles. The quantitative estimate of drug-likeness (QED) is 0.841. The molecule has 1 aliphatic heterocycles. The molecule has 0 radical (unpaired) electrons. The molecule has 1 aromatic rings. The molecule has 2 rings (SSSR count). The van der Waals surface area contributed by atoms with Crippen molar-refractivity contribution < 1.29 is 4.42 Å². The zero-order chi connectivity index (χ0) is 12.8. The van der Waals surface area contributed by atoms with Gasteiger partial charge in [-0.05, 0) is 38.9 Å². The van der Waals surface area contributed by atoms with E-state index in [2.05, 4.69) is 29.0 Å². The van der Waals surface area contributed by atoms with Crippen molar-refractivity contribution in [3.05, 3.63) is 17.8 Å². The van der Waals surface area contributed by atoms with Crippen LogP contribution in [0.3, 0.4) is 0 Å². The average molecular weight is 251 g/mol. The molecule has 4 heteroatoms. The summed E-state index contributed by atoms with van der Waals surface area (Å²) in [6.07, 6.45) is 6.49. The first-order chi connectivity index (χ1) is 8.81. The number of hydrogen-bond acceptors (Lipinski definition) is 4. The second kappa shape index (κ2) is 6.90. The van der Waals surface area contributed by atoms with E-state index in [1.165, 1.54) is 38.9 Å². The van der Waals surface area contributed by atoms with Gasteiger partial charge in [-0.3, -0.25) is 0 Å². The van der Waals surface area contributed by atoms with Crippen molar-refractivity contribution in [1.29, 1.82) is 0 Å². The number of oxazole rings is 1. The third-order valence-corrected chi connectivity index (χ3v) is 3.62. The molecule has 1 fully saturated rings. The van der Waals surface area contributed by atoms with Gasteiger partial charge in [-0.15, -0.1) is 0 Å². The van der Waals surface area contributed by atoms with E-state index in [-0.39, 0.29) is 0 Å². The first-order valence-electron chi connectivity index (χ1n) is 7.21. The fourth-order valence-electron chi connectivity index (χ4n) is 2.50. The van der Waals surface area contributed by atoms with E-state index in [0.29, 0.717) is 6.04 Å². The van der Waals surface area contributed by atoms with E-state index in [9.17, 15) is 0 Å². The minimum atomic E-state index is 0.620. The molecular weight excluding hydrogens is 226 g/mol. The van der Waals surface area contributed by atoms with Gasteiger partial charge in [0.25, 0.3) is 0 Å². The van der Waals surface area contributed by atoms with Crippen LogP contribution in [0.15, 0.2) is 10.6 Å². The summed E-state index contributed by atoms with van der Waals surface area (Å²) in [5.74, 6) is 1.80. The summed E-state index contributed by atoms with van der Waals surface area (Å²) in [6.45, 7) is 8.78. The molecule has 0 aliphatic carbocycles. The lowest BCUT2D eigenvalue weighted by Gasteiger charge is -2.31. The van der Waals surface area contributed by atoms with E-state index in [0.717, 1.165) is 24.6 Å². The lowest BCUT2D eigenvalue weighted by molar-refractivity contribution is 0.195. The second-order valence-corrected chi connectivity index (χ2v) is 5.07. The molecule has 4 nitrogen and oxygen atoms in total. The lowest BCUT2D eigenvalue weighted by atomic mass is 10.1.